The summed E-state index contributed by atoms with van der Waals surface area (Å²) in [6.07, 6.45) is 0. The van der Waals surface area contributed by atoms with Crippen LogP contribution in [-0.4, -0.2) is 18.9 Å². The minimum absolute atomic E-state index is 0.209. The van der Waals surface area contributed by atoms with Gasteiger partial charge in [0.25, 0.3) is 5.91 Å². The van der Waals surface area contributed by atoms with E-state index in [9.17, 15) is 9.59 Å². The minimum atomic E-state index is -0.717. The first kappa shape index (κ1) is 16.3. The van der Waals surface area contributed by atoms with Crippen molar-refractivity contribution in [3.63, 3.8) is 0 Å². The van der Waals surface area contributed by atoms with Gasteiger partial charge in [-0.2, -0.15) is 0 Å². The number of anilines is 1. The summed E-state index contributed by atoms with van der Waals surface area (Å²) in [7, 11) is 1.59. The standard InChI is InChI=1S/C18H17ClN2O3/c1-11(22)20-16-13-7-5-8-14(19)17(13)21(18(16)23)10-12-6-3-4-9-15(12)24-2/h3-9,16H,10H2,1-2H3,(H,20,22). The lowest BCUT2D eigenvalue weighted by Gasteiger charge is -2.20. The normalized spacial score (nSPS) is 16.0. The van der Waals surface area contributed by atoms with E-state index < -0.39 is 6.04 Å². The zero-order valence-electron chi connectivity index (χ0n) is 13.4. The number of methoxy groups -OCH3 is 1. The van der Waals surface area contributed by atoms with Crippen LogP contribution in [0.1, 0.15) is 24.1 Å². The maximum absolute atomic E-state index is 12.9. The number of rotatable bonds is 4. The molecule has 2 aromatic carbocycles. The van der Waals surface area contributed by atoms with Crippen molar-refractivity contribution in [3.05, 3.63) is 58.6 Å². The Morgan fingerprint density at radius 3 is 2.71 bits per heavy atom. The molecule has 0 bridgehead atoms. The number of halogens is 1. The molecule has 0 radical (unpaired) electrons. The highest BCUT2D eigenvalue weighted by Crippen LogP contribution is 2.42. The SMILES string of the molecule is COc1ccccc1CN1C(=O)C(NC(C)=O)c2cccc(Cl)c21. The molecule has 1 N–H and O–H groups in total. The van der Waals surface area contributed by atoms with Gasteiger partial charge in [-0.1, -0.05) is 41.9 Å². The van der Waals surface area contributed by atoms with E-state index in [-0.39, 0.29) is 11.8 Å². The van der Waals surface area contributed by atoms with E-state index in [0.717, 1.165) is 5.56 Å². The summed E-state index contributed by atoms with van der Waals surface area (Å²) >= 11 is 6.33. The number of carbonyl (C=O) groups is 2. The highest BCUT2D eigenvalue weighted by atomic mass is 35.5. The van der Waals surface area contributed by atoms with Gasteiger partial charge < -0.3 is 15.0 Å². The Morgan fingerprint density at radius 1 is 1.25 bits per heavy atom. The summed E-state index contributed by atoms with van der Waals surface area (Å²) in [5.74, 6) is 0.222. The van der Waals surface area contributed by atoms with E-state index >= 15 is 0 Å². The number of fused-ring (bicyclic) bond motifs is 1. The van der Waals surface area contributed by atoms with Gasteiger partial charge in [0, 0.05) is 18.1 Å². The zero-order valence-corrected chi connectivity index (χ0v) is 14.1. The van der Waals surface area contributed by atoms with Gasteiger partial charge in [-0.15, -0.1) is 0 Å². The second kappa shape index (κ2) is 6.53. The fraction of sp³-hybridized carbons (Fsp3) is 0.222. The quantitative estimate of drug-likeness (QED) is 0.927. The number of nitrogens with zero attached hydrogens (tertiary/aromatic N) is 1. The first-order chi connectivity index (χ1) is 11.5. The molecule has 1 aliphatic heterocycles. The molecule has 0 aromatic heterocycles. The maximum atomic E-state index is 12.9. The fourth-order valence-electron chi connectivity index (χ4n) is 2.95. The largest absolute Gasteiger partial charge is 0.496 e. The first-order valence-electron chi connectivity index (χ1n) is 7.51. The number of amides is 2. The average molecular weight is 345 g/mol. The summed E-state index contributed by atoms with van der Waals surface area (Å²) in [4.78, 5) is 25.9. The number of hydrogen-bond donors (Lipinski definition) is 1. The predicted molar refractivity (Wildman–Crippen MR) is 92.2 cm³/mol. The van der Waals surface area contributed by atoms with Crippen LogP contribution in [0, 0.1) is 0 Å². The van der Waals surface area contributed by atoms with E-state index in [1.165, 1.54) is 6.92 Å². The molecule has 5 nitrogen and oxygen atoms in total. The van der Waals surface area contributed by atoms with E-state index in [0.29, 0.717) is 28.6 Å². The predicted octanol–water partition coefficient (Wildman–Crippen LogP) is 3.07. The van der Waals surface area contributed by atoms with Crippen molar-refractivity contribution in [2.75, 3.05) is 12.0 Å². The van der Waals surface area contributed by atoms with Gasteiger partial charge in [0.1, 0.15) is 11.8 Å². The van der Waals surface area contributed by atoms with Gasteiger partial charge in [-0.25, -0.2) is 0 Å². The molecule has 1 unspecified atom stereocenters. The number of benzene rings is 2. The van der Waals surface area contributed by atoms with E-state index in [1.54, 1.807) is 24.1 Å². The van der Waals surface area contributed by atoms with Crippen LogP contribution in [0.4, 0.5) is 5.69 Å². The molecule has 6 heteroatoms. The highest BCUT2D eigenvalue weighted by Gasteiger charge is 2.39. The lowest BCUT2D eigenvalue weighted by atomic mass is 10.1. The van der Waals surface area contributed by atoms with Gasteiger partial charge in [0.05, 0.1) is 24.4 Å². The van der Waals surface area contributed by atoms with Crippen LogP contribution >= 0.6 is 11.6 Å². The Hall–Kier alpha value is -2.53. The summed E-state index contributed by atoms with van der Waals surface area (Å²) in [5, 5.41) is 3.17. The molecule has 0 saturated heterocycles. The number of para-hydroxylation sites is 2. The molecule has 124 valence electrons. The van der Waals surface area contributed by atoms with E-state index in [2.05, 4.69) is 5.32 Å². The van der Waals surface area contributed by atoms with Crippen LogP contribution in [0.15, 0.2) is 42.5 Å². The molecule has 0 aliphatic carbocycles. The van der Waals surface area contributed by atoms with Gasteiger partial charge in [-0.05, 0) is 12.1 Å². The third-order valence-corrected chi connectivity index (χ3v) is 4.29. The van der Waals surface area contributed by atoms with Gasteiger partial charge in [-0.3, -0.25) is 9.59 Å². The zero-order chi connectivity index (χ0) is 17.3. The lowest BCUT2D eigenvalue weighted by Crippen LogP contribution is -2.36. The molecule has 0 spiro atoms. The molecule has 1 atom stereocenters. The van der Waals surface area contributed by atoms with Crippen molar-refractivity contribution >= 4 is 29.1 Å². The summed E-state index contributed by atoms with van der Waals surface area (Å²) in [6.45, 7) is 1.70. The molecule has 2 amide bonds. The molecule has 3 rings (SSSR count). The molecule has 0 fully saturated rings. The third-order valence-electron chi connectivity index (χ3n) is 3.98. The Morgan fingerprint density at radius 2 is 2.00 bits per heavy atom. The Balaban J connectivity index is 2.02. The third kappa shape index (κ3) is 2.83. The van der Waals surface area contributed by atoms with Crippen molar-refractivity contribution in [2.45, 2.75) is 19.5 Å². The monoisotopic (exact) mass is 344 g/mol. The molecule has 2 aromatic rings. The summed E-state index contributed by atoms with van der Waals surface area (Å²) in [5.41, 5.74) is 2.20. The first-order valence-corrected chi connectivity index (χ1v) is 7.89. The fourth-order valence-corrected chi connectivity index (χ4v) is 3.24. The van der Waals surface area contributed by atoms with Crippen LogP contribution in [0.2, 0.25) is 5.02 Å². The van der Waals surface area contributed by atoms with E-state index in [4.69, 9.17) is 16.3 Å². The maximum Gasteiger partial charge on any atom is 0.254 e. The van der Waals surface area contributed by atoms with Crippen LogP contribution < -0.4 is 15.0 Å². The topological polar surface area (TPSA) is 58.6 Å². The van der Waals surface area contributed by atoms with Crippen molar-refractivity contribution < 1.29 is 14.3 Å². The average Bonchev–Trinajstić information content (AvgIpc) is 2.82. The Bertz CT molecular complexity index is 807. The minimum Gasteiger partial charge on any atom is -0.496 e. The van der Waals surface area contributed by atoms with Crippen molar-refractivity contribution in [2.24, 2.45) is 0 Å². The van der Waals surface area contributed by atoms with Crippen LogP contribution in [0.3, 0.4) is 0 Å². The molecule has 1 heterocycles. The summed E-state index contributed by atoms with van der Waals surface area (Å²) in [6, 6.07) is 12.1. The second-order valence-electron chi connectivity index (χ2n) is 5.55. The molecule has 24 heavy (non-hydrogen) atoms. The number of ether oxygens (including phenoxy) is 1. The van der Waals surface area contributed by atoms with Crippen molar-refractivity contribution in [3.8, 4) is 5.75 Å². The second-order valence-corrected chi connectivity index (χ2v) is 5.95. The molecular formula is C18H17ClN2O3. The molecule has 1 aliphatic rings. The van der Waals surface area contributed by atoms with Gasteiger partial charge >= 0.3 is 0 Å². The number of hydrogen-bond acceptors (Lipinski definition) is 3. The summed E-state index contributed by atoms with van der Waals surface area (Å²) < 4.78 is 5.36. The van der Waals surface area contributed by atoms with Crippen LogP contribution in [0.5, 0.6) is 5.75 Å². The number of carbonyl (C=O) groups excluding carboxylic acids is 2. The highest BCUT2D eigenvalue weighted by molar-refractivity contribution is 6.34. The van der Waals surface area contributed by atoms with Crippen molar-refractivity contribution in [1.29, 1.82) is 0 Å². The Labute approximate surface area is 145 Å². The van der Waals surface area contributed by atoms with E-state index in [1.807, 2.05) is 30.3 Å². The molecule has 0 saturated carbocycles. The Kier molecular flexibility index (Phi) is 4.44. The van der Waals surface area contributed by atoms with Gasteiger partial charge in [0.15, 0.2) is 0 Å². The van der Waals surface area contributed by atoms with Crippen LogP contribution in [0.25, 0.3) is 0 Å². The van der Waals surface area contributed by atoms with Crippen LogP contribution in [-0.2, 0) is 16.1 Å². The van der Waals surface area contributed by atoms with Gasteiger partial charge in [0.2, 0.25) is 5.91 Å². The molecular weight excluding hydrogens is 328 g/mol. The van der Waals surface area contributed by atoms with Crippen molar-refractivity contribution in [1.82, 2.24) is 5.32 Å². The number of nitrogens with one attached hydrogen (secondary N) is 1. The lowest BCUT2D eigenvalue weighted by molar-refractivity contribution is -0.126. The smallest absolute Gasteiger partial charge is 0.254 e.